The van der Waals surface area contributed by atoms with Gasteiger partial charge < -0.3 is 29.7 Å². The molecular weight excluding hydrogens is 392 g/mol. The molecule has 2 saturated heterocycles. The van der Waals surface area contributed by atoms with Crippen LogP contribution in [0.5, 0.6) is 0 Å². The lowest BCUT2D eigenvalue weighted by Crippen LogP contribution is -2.58. The Morgan fingerprint density at radius 1 is 1.17 bits per heavy atom. The van der Waals surface area contributed by atoms with Crippen molar-refractivity contribution in [3.05, 3.63) is 35.9 Å². The number of amides is 3. The minimum atomic E-state index is -0.941. The molecule has 1 aromatic carbocycles. The summed E-state index contributed by atoms with van der Waals surface area (Å²) in [5.41, 5.74) is 6.65. The summed E-state index contributed by atoms with van der Waals surface area (Å²) in [6.07, 6.45) is -1.63. The minimum absolute atomic E-state index is 0.00713. The predicted molar refractivity (Wildman–Crippen MR) is 106 cm³/mol. The van der Waals surface area contributed by atoms with Crippen LogP contribution in [0.3, 0.4) is 0 Å². The highest BCUT2D eigenvalue weighted by molar-refractivity contribution is 5.86. The highest BCUT2D eigenvalue weighted by atomic mass is 16.6. The van der Waals surface area contributed by atoms with Crippen LogP contribution >= 0.6 is 0 Å². The third-order valence-corrected chi connectivity index (χ3v) is 5.16. The fraction of sp³-hybridized carbons (Fsp3) is 0.550. The van der Waals surface area contributed by atoms with E-state index in [1.807, 2.05) is 30.3 Å². The molecule has 0 radical (unpaired) electrons. The van der Waals surface area contributed by atoms with Crippen LogP contribution in [-0.4, -0.2) is 97.9 Å². The maximum absolute atomic E-state index is 13.1. The SMILES string of the molecule is CN1C[C@@H](N(C(=O)OCc2ccccc2)[C@H]2COCCN(C)C2=O)OC[C@H](N)C1=O. The number of carbonyl (C=O) groups excluding carboxylic acids is 3. The number of likely N-dealkylation sites (N-methyl/N-ethyl adjacent to an activating group) is 2. The molecule has 2 aliphatic heterocycles. The van der Waals surface area contributed by atoms with Crippen LogP contribution in [0.15, 0.2) is 30.3 Å². The van der Waals surface area contributed by atoms with Crippen molar-refractivity contribution in [3.8, 4) is 0 Å². The van der Waals surface area contributed by atoms with Crippen LogP contribution in [0, 0.1) is 0 Å². The van der Waals surface area contributed by atoms with Crippen molar-refractivity contribution in [3.63, 3.8) is 0 Å². The molecule has 0 aliphatic carbocycles. The summed E-state index contributed by atoms with van der Waals surface area (Å²) in [6.45, 7) is 0.799. The van der Waals surface area contributed by atoms with Gasteiger partial charge in [0.05, 0.1) is 26.4 Å². The third kappa shape index (κ3) is 5.07. The first-order chi connectivity index (χ1) is 14.4. The first kappa shape index (κ1) is 22.0. The molecule has 0 aromatic heterocycles. The quantitative estimate of drug-likeness (QED) is 0.706. The predicted octanol–water partition coefficient (Wildman–Crippen LogP) is -0.376. The van der Waals surface area contributed by atoms with Gasteiger partial charge in [-0.15, -0.1) is 0 Å². The van der Waals surface area contributed by atoms with Gasteiger partial charge in [-0.2, -0.15) is 0 Å². The molecule has 0 bridgehead atoms. The number of nitrogens with zero attached hydrogens (tertiary/aromatic N) is 3. The molecular formula is C20H28N4O6. The fourth-order valence-corrected chi connectivity index (χ4v) is 3.39. The molecule has 30 heavy (non-hydrogen) atoms. The Kier molecular flexibility index (Phi) is 7.24. The van der Waals surface area contributed by atoms with E-state index in [1.54, 1.807) is 14.1 Å². The Bertz CT molecular complexity index is 761. The Morgan fingerprint density at radius 3 is 2.63 bits per heavy atom. The molecule has 2 aliphatic rings. The molecule has 3 rings (SSSR count). The second kappa shape index (κ2) is 9.88. The minimum Gasteiger partial charge on any atom is -0.444 e. The normalized spacial score (nSPS) is 25.5. The Balaban J connectivity index is 1.84. The topological polar surface area (TPSA) is 115 Å². The van der Waals surface area contributed by atoms with E-state index in [1.165, 1.54) is 14.7 Å². The van der Waals surface area contributed by atoms with Crippen LogP contribution in [-0.2, 0) is 30.4 Å². The molecule has 0 saturated carbocycles. The lowest BCUT2D eigenvalue weighted by molar-refractivity contribution is -0.142. The summed E-state index contributed by atoms with van der Waals surface area (Å²) in [5.74, 6) is -0.578. The zero-order chi connectivity index (χ0) is 21.7. The van der Waals surface area contributed by atoms with Crippen LogP contribution in [0.25, 0.3) is 0 Å². The highest BCUT2D eigenvalue weighted by Crippen LogP contribution is 2.19. The van der Waals surface area contributed by atoms with E-state index in [2.05, 4.69) is 0 Å². The summed E-state index contributed by atoms with van der Waals surface area (Å²) in [6, 6.07) is 7.43. The van der Waals surface area contributed by atoms with Gasteiger partial charge in [-0.25, -0.2) is 4.79 Å². The molecule has 10 nitrogen and oxygen atoms in total. The molecule has 0 unspecified atom stereocenters. The summed E-state index contributed by atoms with van der Waals surface area (Å²) < 4.78 is 16.8. The number of ether oxygens (including phenoxy) is 3. The van der Waals surface area contributed by atoms with Crippen LogP contribution in [0.1, 0.15) is 5.56 Å². The van der Waals surface area contributed by atoms with Crippen molar-refractivity contribution in [1.82, 2.24) is 14.7 Å². The van der Waals surface area contributed by atoms with Crippen molar-refractivity contribution < 1.29 is 28.6 Å². The number of nitrogens with two attached hydrogens (primary N) is 1. The van der Waals surface area contributed by atoms with Gasteiger partial charge in [-0.05, 0) is 5.56 Å². The van der Waals surface area contributed by atoms with E-state index < -0.39 is 24.4 Å². The molecule has 1 aromatic rings. The van der Waals surface area contributed by atoms with Gasteiger partial charge in [0.2, 0.25) is 11.8 Å². The summed E-state index contributed by atoms with van der Waals surface area (Å²) in [7, 11) is 3.23. The van der Waals surface area contributed by atoms with Crippen LogP contribution in [0.4, 0.5) is 4.79 Å². The van der Waals surface area contributed by atoms with E-state index in [-0.39, 0.29) is 38.2 Å². The van der Waals surface area contributed by atoms with E-state index >= 15 is 0 Å². The number of hydrogen-bond donors (Lipinski definition) is 1. The lowest BCUT2D eigenvalue weighted by Gasteiger charge is -2.36. The summed E-state index contributed by atoms with van der Waals surface area (Å²) in [5, 5.41) is 0. The van der Waals surface area contributed by atoms with Gasteiger partial charge in [0, 0.05) is 20.6 Å². The van der Waals surface area contributed by atoms with Gasteiger partial charge in [0.1, 0.15) is 18.7 Å². The van der Waals surface area contributed by atoms with Gasteiger partial charge >= 0.3 is 6.09 Å². The molecule has 2 N–H and O–H groups in total. The Morgan fingerprint density at radius 2 is 1.90 bits per heavy atom. The lowest BCUT2D eigenvalue weighted by atomic mass is 10.2. The van der Waals surface area contributed by atoms with Gasteiger partial charge in [0.15, 0.2) is 6.23 Å². The maximum Gasteiger partial charge on any atom is 0.413 e. The first-order valence-corrected chi connectivity index (χ1v) is 9.82. The molecule has 2 fully saturated rings. The van der Waals surface area contributed by atoms with Gasteiger partial charge in [0.25, 0.3) is 0 Å². The number of carbonyl (C=O) groups is 3. The molecule has 10 heteroatoms. The molecule has 3 amide bonds. The van der Waals surface area contributed by atoms with E-state index in [9.17, 15) is 14.4 Å². The Hall–Kier alpha value is -2.69. The molecule has 2 heterocycles. The van der Waals surface area contributed by atoms with E-state index in [0.717, 1.165) is 5.56 Å². The second-order valence-electron chi connectivity index (χ2n) is 7.41. The molecule has 3 atom stereocenters. The number of benzene rings is 1. The highest BCUT2D eigenvalue weighted by Gasteiger charge is 2.42. The third-order valence-electron chi connectivity index (χ3n) is 5.16. The van der Waals surface area contributed by atoms with Crippen molar-refractivity contribution >= 4 is 17.9 Å². The largest absolute Gasteiger partial charge is 0.444 e. The average molecular weight is 420 g/mol. The van der Waals surface area contributed by atoms with Crippen LogP contribution in [0.2, 0.25) is 0 Å². The van der Waals surface area contributed by atoms with E-state index in [4.69, 9.17) is 19.9 Å². The maximum atomic E-state index is 13.1. The average Bonchev–Trinajstić information content (AvgIpc) is 2.98. The van der Waals surface area contributed by atoms with Crippen molar-refractivity contribution in [1.29, 1.82) is 0 Å². The van der Waals surface area contributed by atoms with Crippen molar-refractivity contribution in [2.75, 3.05) is 47.0 Å². The van der Waals surface area contributed by atoms with Crippen molar-refractivity contribution in [2.45, 2.75) is 24.9 Å². The first-order valence-electron chi connectivity index (χ1n) is 9.82. The summed E-state index contributed by atoms with van der Waals surface area (Å²) in [4.78, 5) is 42.4. The standard InChI is InChI=1S/C20H28N4O6/c1-22-8-9-28-13-16(19(22)26)24(17-10-23(2)18(25)15(21)12-29-17)20(27)30-11-14-6-4-3-5-7-14/h3-7,15-17H,8-13,21H2,1-2H3/t15-,16-,17-/m0/s1. The Labute approximate surface area is 175 Å². The molecule has 0 spiro atoms. The summed E-state index contributed by atoms with van der Waals surface area (Å²) >= 11 is 0. The number of rotatable bonds is 4. The number of hydrogen-bond acceptors (Lipinski definition) is 7. The zero-order valence-corrected chi connectivity index (χ0v) is 17.2. The second-order valence-corrected chi connectivity index (χ2v) is 7.41. The van der Waals surface area contributed by atoms with Crippen LogP contribution < -0.4 is 5.73 Å². The fourth-order valence-electron chi connectivity index (χ4n) is 3.39. The van der Waals surface area contributed by atoms with Gasteiger partial charge in [-0.3, -0.25) is 14.5 Å². The zero-order valence-electron chi connectivity index (χ0n) is 17.2. The monoisotopic (exact) mass is 420 g/mol. The molecule has 164 valence electrons. The van der Waals surface area contributed by atoms with Crippen molar-refractivity contribution in [2.24, 2.45) is 5.73 Å². The smallest absolute Gasteiger partial charge is 0.413 e. The van der Waals surface area contributed by atoms with Gasteiger partial charge in [-0.1, -0.05) is 30.3 Å². The van der Waals surface area contributed by atoms with E-state index in [0.29, 0.717) is 13.2 Å².